The summed E-state index contributed by atoms with van der Waals surface area (Å²) in [5.41, 5.74) is 1.90. The monoisotopic (exact) mass is 421 g/mol. The summed E-state index contributed by atoms with van der Waals surface area (Å²) in [4.78, 5) is 42.7. The zero-order valence-electron chi connectivity index (χ0n) is 14.4. The molecule has 8 nitrogen and oxygen atoms in total. The van der Waals surface area contributed by atoms with Gasteiger partial charge in [-0.1, -0.05) is 41.9 Å². The zero-order valence-corrected chi connectivity index (χ0v) is 16.1. The number of rotatable bonds is 2. The normalized spacial score (nSPS) is 23.5. The lowest BCUT2D eigenvalue weighted by molar-refractivity contribution is -0.713. The van der Waals surface area contributed by atoms with Gasteiger partial charge < -0.3 is 19.2 Å². The van der Waals surface area contributed by atoms with Crippen LogP contribution in [0, 0.1) is 0 Å². The first-order valence-electron chi connectivity index (χ1n) is 8.35. The van der Waals surface area contributed by atoms with E-state index in [0.717, 1.165) is 17.1 Å². The lowest BCUT2D eigenvalue weighted by Gasteiger charge is -2.36. The lowest BCUT2D eigenvalue weighted by Crippen LogP contribution is -3.14. The highest BCUT2D eigenvalue weighted by Crippen LogP contribution is 2.17. The Morgan fingerprint density at radius 3 is 2.29 bits per heavy atom. The Kier molecular flexibility index (Phi) is 6.22. The number of quaternary nitrogens is 2. The molecule has 2 aromatic carbocycles. The number of nitrogen functional groups attached to an aromatic ring is 1. The van der Waals surface area contributed by atoms with Gasteiger partial charge in [0, 0.05) is 12.1 Å². The predicted molar refractivity (Wildman–Crippen MR) is 94.8 cm³/mol. The Balaban J connectivity index is 0.000000403. The Bertz CT molecular complexity index is 968. The number of amidine groups is 1. The molecule has 4 N–H and O–H groups in total. The number of hydrogen-bond donors (Lipinski definition) is 3. The van der Waals surface area contributed by atoms with Crippen molar-refractivity contribution >= 4 is 36.9 Å². The van der Waals surface area contributed by atoms with Gasteiger partial charge in [0.05, 0.1) is 0 Å². The number of benzene rings is 2. The number of hydrogen-bond acceptors (Lipinski definition) is 5. The molecule has 2 aliphatic rings. The van der Waals surface area contributed by atoms with Crippen LogP contribution in [0.2, 0.25) is 5.02 Å². The molecule has 2 heterocycles. The zero-order chi connectivity index (χ0) is 20.3. The fourth-order valence-corrected chi connectivity index (χ4v) is 3.41. The molecule has 146 valence electrons. The van der Waals surface area contributed by atoms with Crippen LogP contribution < -0.4 is 29.9 Å². The van der Waals surface area contributed by atoms with Crippen molar-refractivity contribution in [3.8, 4) is 0 Å². The average Bonchev–Trinajstić information content (AvgIpc) is 3.08. The molecule has 0 bridgehead atoms. The van der Waals surface area contributed by atoms with E-state index in [9.17, 15) is 4.79 Å². The Hall–Kier alpha value is -2.16. The molecule has 0 aromatic heterocycles. The van der Waals surface area contributed by atoms with E-state index in [1.165, 1.54) is 0 Å². The molecule has 2 aliphatic heterocycles. The fraction of sp³-hybridized carbons (Fsp3) is 0.111. The van der Waals surface area contributed by atoms with Gasteiger partial charge in [0.25, 0.3) is 6.04 Å². The Morgan fingerprint density at radius 2 is 1.64 bits per heavy atom. The minimum absolute atomic E-state index is 0.0175. The number of para-hydroxylation sites is 1. The van der Waals surface area contributed by atoms with E-state index >= 15 is 0 Å². The standard InChI is InChI=1S/C18H14ClN3O.H3O4P/c19-13-8-4-5-9-15(13)22-11-10-14-16(18(22)23)21-17(20-14)12-6-2-1-3-7-12;1-5(2,3)4/h1-11,14,16H,(H,20,21);(H3,1,2,3,4). The minimum atomic E-state index is -5.39. The molecule has 10 heteroatoms. The first-order valence-corrected chi connectivity index (χ1v) is 10.2. The highest BCUT2D eigenvalue weighted by Gasteiger charge is 2.51. The molecule has 0 fully saturated rings. The van der Waals surface area contributed by atoms with Crippen molar-refractivity contribution in [3.63, 3.8) is 0 Å². The van der Waals surface area contributed by atoms with Gasteiger partial charge in [-0.2, -0.15) is 12.8 Å². The third-order valence-electron chi connectivity index (χ3n) is 4.34. The second kappa shape index (κ2) is 8.46. The van der Waals surface area contributed by atoms with E-state index in [0.29, 0.717) is 9.92 Å². The smallest absolute Gasteiger partial charge is 0.387 e. The maximum absolute atomic E-state index is 12.9. The highest BCUT2D eigenvalue weighted by molar-refractivity contribution is 7.40. The molecule has 0 spiro atoms. The average molecular weight is 422 g/mol. The van der Waals surface area contributed by atoms with Crippen LogP contribution in [0.3, 0.4) is 0 Å². The van der Waals surface area contributed by atoms with Gasteiger partial charge in [-0.15, -0.1) is 0 Å². The molecular weight excluding hydrogens is 405 g/mol. The maximum Gasteiger partial charge on any atom is 0.387 e. The van der Waals surface area contributed by atoms with Crippen LogP contribution in [0.5, 0.6) is 0 Å². The summed E-state index contributed by atoms with van der Waals surface area (Å²) in [5, 5.41) is 2.64. The predicted octanol–water partition coefficient (Wildman–Crippen LogP) is -4.07. The minimum Gasteiger partial charge on any atom is -0.822 e. The molecule has 0 radical (unpaired) electrons. The van der Waals surface area contributed by atoms with Gasteiger partial charge in [-0.05, 0) is 18.2 Å². The number of nitrogens with one attached hydrogen (secondary N) is 2. The highest BCUT2D eigenvalue weighted by atomic mass is 35.5. The van der Waals surface area contributed by atoms with Gasteiger partial charge in [-0.25, -0.2) is 15.0 Å². The fourth-order valence-electron chi connectivity index (χ4n) is 3.17. The van der Waals surface area contributed by atoms with Crippen molar-refractivity contribution in [1.82, 2.24) is 0 Å². The van der Waals surface area contributed by atoms with E-state index in [2.05, 4.69) is 11.1 Å². The number of halogens is 1. The van der Waals surface area contributed by atoms with E-state index in [1.54, 1.807) is 0 Å². The quantitative estimate of drug-likeness (QED) is 0.423. The molecule has 3 atom stereocenters. The largest absolute Gasteiger partial charge is 0.822 e. The van der Waals surface area contributed by atoms with Crippen LogP contribution in [0.25, 0.3) is 0 Å². The summed E-state index contributed by atoms with van der Waals surface area (Å²) in [5.74, 6) is 1.13. The van der Waals surface area contributed by atoms with Crippen LogP contribution in [-0.2, 0) is 9.36 Å². The van der Waals surface area contributed by atoms with Gasteiger partial charge in [-0.3, -0.25) is 0 Å². The number of nitrogens with two attached hydrogens (primary N) is 1. The molecule has 1 amide bonds. The number of amides is 1. The third kappa shape index (κ3) is 5.01. The summed E-state index contributed by atoms with van der Waals surface area (Å²) in [6.07, 6.45) is 3.94. The van der Waals surface area contributed by atoms with E-state index in [1.807, 2.05) is 66.1 Å². The molecule has 28 heavy (non-hydrogen) atoms. The first-order chi connectivity index (χ1) is 13.2. The third-order valence-corrected chi connectivity index (χ3v) is 4.67. The van der Waals surface area contributed by atoms with E-state index in [4.69, 9.17) is 30.8 Å². The summed E-state index contributed by atoms with van der Waals surface area (Å²) in [7, 11) is -5.39. The molecule has 4 rings (SSSR count). The van der Waals surface area contributed by atoms with Gasteiger partial charge >= 0.3 is 11.7 Å². The number of fused-ring (bicyclic) bond motifs is 1. The van der Waals surface area contributed by atoms with Gasteiger partial charge in [0.1, 0.15) is 16.8 Å². The van der Waals surface area contributed by atoms with Crippen molar-refractivity contribution in [1.29, 1.82) is 0 Å². The topological polar surface area (TPSA) is 138 Å². The molecular formula is C18H17ClN3O5P. The summed E-state index contributed by atoms with van der Waals surface area (Å²) < 4.78 is 8.55. The number of phosphoric acid groups is 1. The lowest BCUT2D eigenvalue weighted by atomic mass is 10.0. The summed E-state index contributed by atoms with van der Waals surface area (Å²) >= 11 is 6.25. The SMILES string of the molecule is O=C1C2[NH2+]C(c3ccccc3)=[NH+]C2C=C[NH+]1c1ccccc1Cl.O=P([O-])([O-])[O-]. The van der Waals surface area contributed by atoms with Crippen molar-refractivity contribution in [3.05, 3.63) is 77.5 Å². The molecule has 0 saturated heterocycles. The second-order valence-corrected chi connectivity index (χ2v) is 7.51. The van der Waals surface area contributed by atoms with Gasteiger partial charge in [0.2, 0.25) is 6.04 Å². The van der Waals surface area contributed by atoms with Crippen LogP contribution in [0.4, 0.5) is 5.69 Å². The Labute approximate surface area is 166 Å². The first kappa shape index (κ1) is 20.6. The van der Waals surface area contributed by atoms with Crippen molar-refractivity contribution in [2.75, 3.05) is 0 Å². The molecule has 0 aliphatic carbocycles. The molecule has 0 saturated carbocycles. The van der Waals surface area contributed by atoms with Crippen molar-refractivity contribution in [2.45, 2.75) is 12.1 Å². The molecule has 2 aromatic rings. The van der Waals surface area contributed by atoms with Crippen molar-refractivity contribution < 1.29 is 39.2 Å². The summed E-state index contributed by atoms with van der Waals surface area (Å²) in [6.45, 7) is 0. The van der Waals surface area contributed by atoms with Crippen LogP contribution in [-0.4, -0.2) is 23.8 Å². The Morgan fingerprint density at radius 1 is 1.04 bits per heavy atom. The van der Waals surface area contributed by atoms with Crippen LogP contribution in [0.15, 0.2) is 66.9 Å². The van der Waals surface area contributed by atoms with Crippen molar-refractivity contribution in [2.24, 2.45) is 0 Å². The maximum atomic E-state index is 12.9. The van der Waals surface area contributed by atoms with Crippen LogP contribution >= 0.6 is 19.4 Å². The number of carbonyl (C=O) groups is 1. The second-order valence-electron chi connectivity index (χ2n) is 6.21. The van der Waals surface area contributed by atoms with E-state index < -0.39 is 7.82 Å². The van der Waals surface area contributed by atoms with Gasteiger partial charge in [0.15, 0.2) is 5.69 Å². The molecule has 3 unspecified atom stereocenters. The van der Waals surface area contributed by atoms with E-state index in [-0.39, 0.29) is 18.0 Å². The number of carbonyl (C=O) groups excluding carboxylic acids is 1. The van der Waals surface area contributed by atoms with Crippen LogP contribution in [0.1, 0.15) is 5.56 Å². The summed E-state index contributed by atoms with van der Waals surface area (Å²) in [6, 6.07) is 17.4.